The van der Waals surface area contributed by atoms with Gasteiger partial charge in [0.05, 0.1) is 29.6 Å². The molecule has 156 valence electrons. The number of benzene rings is 2. The van der Waals surface area contributed by atoms with Crippen molar-refractivity contribution in [1.82, 2.24) is 9.97 Å². The molecule has 0 spiro atoms. The molecule has 31 heavy (non-hydrogen) atoms. The quantitative estimate of drug-likeness (QED) is 0.237. The molecule has 0 bridgehead atoms. The van der Waals surface area contributed by atoms with Crippen LogP contribution in [-0.2, 0) is 4.74 Å². The van der Waals surface area contributed by atoms with E-state index in [1.54, 1.807) is 25.3 Å². The number of nitrogens with one attached hydrogen (secondary N) is 1. The highest BCUT2D eigenvalue weighted by Gasteiger charge is 2.22. The molecule has 0 aliphatic rings. The van der Waals surface area contributed by atoms with Crippen molar-refractivity contribution in [3.63, 3.8) is 0 Å². The lowest BCUT2D eigenvalue weighted by molar-refractivity contribution is 0.0533. The Hall–Kier alpha value is -3.49. The van der Waals surface area contributed by atoms with Crippen molar-refractivity contribution >= 4 is 57.0 Å². The topological polar surface area (TPSA) is 102 Å². The van der Waals surface area contributed by atoms with Crippen molar-refractivity contribution in [2.24, 2.45) is 5.10 Å². The van der Waals surface area contributed by atoms with Crippen molar-refractivity contribution in [2.75, 3.05) is 17.8 Å². The first-order valence-corrected chi connectivity index (χ1v) is 10.6. The molecule has 4 aromatic rings. The van der Waals surface area contributed by atoms with Crippen LogP contribution in [0.25, 0.3) is 21.5 Å². The number of nitrogens with two attached hydrogens (primary N) is 1. The molecule has 4 rings (SSSR count). The summed E-state index contributed by atoms with van der Waals surface area (Å²) < 4.78 is 5.13. The Bertz CT molecular complexity index is 1260. The fraction of sp³-hybridized carbons (Fsp3) is 0.0909. The zero-order chi connectivity index (χ0) is 21.8. The summed E-state index contributed by atoms with van der Waals surface area (Å²) in [5.74, 6) is -0.189. The number of aromatic nitrogens is 2. The molecule has 0 amide bonds. The van der Waals surface area contributed by atoms with Crippen LogP contribution < -0.4 is 11.2 Å². The fourth-order valence-corrected chi connectivity index (χ4v) is 4.05. The van der Waals surface area contributed by atoms with Gasteiger partial charge in [-0.2, -0.15) is 5.10 Å². The van der Waals surface area contributed by atoms with Crippen LogP contribution in [0, 0.1) is 0 Å². The molecule has 0 fully saturated rings. The minimum absolute atomic E-state index is 0.260. The van der Waals surface area contributed by atoms with Crippen LogP contribution in [0.4, 0.5) is 11.6 Å². The van der Waals surface area contributed by atoms with E-state index >= 15 is 0 Å². The number of thiophene rings is 1. The lowest BCUT2D eigenvalue weighted by atomic mass is 10.1. The number of hydrogen-bond donors (Lipinski definition) is 2. The molecule has 0 saturated carbocycles. The standard InChI is InChI=1S/C22H18ClN5O2S/c1-2-30-21(29)19-17(24)16-18(14-6-4-3-5-7-14)26-22(27-20(16)31-19)28-25-12-13-8-10-15(23)11-9-13/h3-12H,2,24H2,1H3,(H,26,27,28)/b25-12-. The Labute approximate surface area is 187 Å². The van der Waals surface area contributed by atoms with E-state index in [0.717, 1.165) is 11.1 Å². The van der Waals surface area contributed by atoms with Gasteiger partial charge in [0.2, 0.25) is 5.95 Å². The summed E-state index contributed by atoms with van der Waals surface area (Å²) >= 11 is 7.08. The summed E-state index contributed by atoms with van der Waals surface area (Å²) in [7, 11) is 0. The summed E-state index contributed by atoms with van der Waals surface area (Å²) in [6, 6.07) is 16.8. The molecule has 0 atom stereocenters. The number of rotatable bonds is 6. The summed E-state index contributed by atoms with van der Waals surface area (Å²) in [6.07, 6.45) is 1.64. The lowest BCUT2D eigenvalue weighted by Crippen LogP contribution is -2.05. The third-order valence-electron chi connectivity index (χ3n) is 4.34. The van der Waals surface area contributed by atoms with E-state index in [0.29, 0.717) is 31.5 Å². The van der Waals surface area contributed by atoms with Crippen LogP contribution in [0.3, 0.4) is 0 Å². The molecule has 2 aromatic heterocycles. The SMILES string of the molecule is CCOC(=O)c1sc2nc(N/N=C\c3ccc(Cl)cc3)nc(-c3ccccc3)c2c1N. The Balaban J connectivity index is 1.76. The monoisotopic (exact) mass is 451 g/mol. The average molecular weight is 452 g/mol. The minimum atomic E-state index is -0.475. The Morgan fingerprint density at radius 1 is 1.19 bits per heavy atom. The van der Waals surface area contributed by atoms with Crippen molar-refractivity contribution in [2.45, 2.75) is 6.92 Å². The zero-order valence-electron chi connectivity index (χ0n) is 16.5. The maximum absolute atomic E-state index is 12.3. The van der Waals surface area contributed by atoms with Crippen LogP contribution in [-0.4, -0.2) is 28.8 Å². The van der Waals surface area contributed by atoms with E-state index < -0.39 is 5.97 Å². The normalized spacial score (nSPS) is 11.2. The van der Waals surface area contributed by atoms with Gasteiger partial charge in [-0.25, -0.2) is 20.2 Å². The number of carbonyl (C=O) groups excluding carboxylic acids is 1. The molecule has 3 N–H and O–H groups in total. The van der Waals surface area contributed by atoms with Crippen molar-refractivity contribution < 1.29 is 9.53 Å². The van der Waals surface area contributed by atoms with Crippen LogP contribution in [0.2, 0.25) is 5.02 Å². The van der Waals surface area contributed by atoms with E-state index in [1.807, 2.05) is 42.5 Å². The van der Waals surface area contributed by atoms with Gasteiger partial charge in [0, 0.05) is 10.6 Å². The second kappa shape index (κ2) is 9.11. The highest BCUT2D eigenvalue weighted by atomic mass is 35.5. The van der Waals surface area contributed by atoms with Crippen LogP contribution in [0.1, 0.15) is 22.2 Å². The van der Waals surface area contributed by atoms with Gasteiger partial charge >= 0.3 is 5.97 Å². The predicted octanol–water partition coefficient (Wildman–Crippen LogP) is 5.22. The van der Waals surface area contributed by atoms with Crippen LogP contribution in [0.5, 0.6) is 0 Å². The molecule has 0 aliphatic carbocycles. The molecule has 0 radical (unpaired) electrons. The van der Waals surface area contributed by atoms with Crippen molar-refractivity contribution in [3.05, 3.63) is 70.1 Å². The second-order valence-electron chi connectivity index (χ2n) is 6.43. The van der Waals surface area contributed by atoms with Gasteiger partial charge in [0.15, 0.2) is 0 Å². The Morgan fingerprint density at radius 2 is 1.94 bits per heavy atom. The summed E-state index contributed by atoms with van der Waals surface area (Å²) in [5, 5.41) is 5.48. The predicted molar refractivity (Wildman–Crippen MR) is 126 cm³/mol. The highest BCUT2D eigenvalue weighted by molar-refractivity contribution is 7.21. The van der Waals surface area contributed by atoms with E-state index in [9.17, 15) is 4.79 Å². The van der Waals surface area contributed by atoms with Gasteiger partial charge in [0.25, 0.3) is 0 Å². The van der Waals surface area contributed by atoms with E-state index in [-0.39, 0.29) is 12.6 Å². The first-order chi connectivity index (χ1) is 15.1. The lowest BCUT2D eigenvalue weighted by Gasteiger charge is -2.07. The number of nitrogens with zero attached hydrogens (tertiary/aromatic N) is 3. The number of hydrazone groups is 1. The summed E-state index contributed by atoms with van der Waals surface area (Å²) in [4.78, 5) is 22.3. The Kier molecular flexibility index (Phi) is 6.11. The van der Waals surface area contributed by atoms with Crippen LogP contribution >= 0.6 is 22.9 Å². The van der Waals surface area contributed by atoms with Crippen molar-refractivity contribution in [1.29, 1.82) is 0 Å². The average Bonchev–Trinajstić information content (AvgIpc) is 3.12. The first-order valence-electron chi connectivity index (χ1n) is 9.44. The third-order valence-corrected chi connectivity index (χ3v) is 5.68. The number of ether oxygens (including phenoxy) is 1. The zero-order valence-corrected chi connectivity index (χ0v) is 18.1. The maximum atomic E-state index is 12.3. The number of esters is 1. The van der Waals surface area contributed by atoms with E-state index in [4.69, 9.17) is 22.1 Å². The molecular formula is C22H18ClN5O2S. The number of nitrogen functional groups attached to an aromatic ring is 1. The molecule has 2 aromatic carbocycles. The van der Waals surface area contributed by atoms with Crippen LogP contribution in [0.15, 0.2) is 59.7 Å². The molecular weight excluding hydrogens is 434 g/mol. The smallest absolute Gasteiger partial charge is 0.350 e. The molecule has 2 heterocycles. The van der Waals surface area contributed by atoms with Crippen molar-refractivity contribution in [3.8, 4) is 11.3 Å². The fourth-order valence-electron chi connectivity index (χ4n) is 2.94. The maximum Gasteiger partial charge on any atom is 0.350 e. The largest absolute Gasteiger partial charge is 0.462 e. The molecule has 0 aliphatic heterocycles. The number of hydrogen-bond acceptors (Lipinski definition) is 8. The number of anilines is 2. The third kappa shape index (κ3) is 4.50. The number of fused-ring (bicyclic) bond motifs is 1. The molecule has 0 unspecified atom stereocenters. The molecule has 9 heteroatoms. The number of carbonyl (C=O) groups is 1. The Morgan fingerprint density at radius 3 is 2.65 bits per heavy atom. The van der Waals surface area contributed by atoms with E-state index in [1.165, 1.54) is 11.3 Å². The summed E-state index contributed by atoms with van der Waals surface area (Å²) in [6.45, 7) is 2.01. The van der Waals surface area contributed by atoms with Gasteiger partial charge in [-0.05, 0) is 24.6 Å². The highest BCUT2D eigenvalue weighted by Crippen LogP contribution is 2.39. The van der Waals surface area contributed by atoms with Gasteiger partial charge < -0.3 is 10.5 Å². The molecule has 0 saturated heterocycles. The first kappa shape index (κ1) is 20.8. The van der Waals surface area contributed by atoms with Gasteiger partial charge in [0.1, 0.15) is 9.71 Å². The summed E-state index contributed by atoms with van der Waals surface area (Å²) in [5.41, 5.74) is 11.8. The van der Waals surface area contributed by atoms with Gasteiger partial charge in [-0.3, -0.25) is 0 Å². The van der Waals surface area contributed by atoms with Gasteiger partial charge in [-0.1, -0.05) is 54.1 Å². The minimum Gasteiger partial charge on any atom is -0.462 e. The molecule has 7 nitrogen and oxygen atoms in total. The van der Waals surface area contributed by atoms with Gasteiger partial charge in [-0.15, -0.1) is 11.3 Å². The second-order valence-corrected chi connectivity index (χ2v) is 7.86. The van der Waals surface area contributed by atoms with E-state index in [2.05, 4.69) is 20.5 Å². The number of halogens is 1.